The van der Waals surface area contributed by atoms with E-state index in [0.29, 0.717) is 0 Å². The normalized spacial score (nSPS) is 12.4. The summed E-state index contributed by atoms with van der Waals surface area (Å²) in [7, 11) is 1.75. The zero-order valence-electron chi connectivity index (χ0n) is 11.0. The number of nitrogens with zero attached hydrogens (tertiary/aromatic N) is 1. The van der Waals surface area contributed by atoms with E-state index >= 15 is 0 Å². The van der Waals surface area contributed by atoms with Crippen LogP contribution in [0.3, 0.4) is 0 Å². The van der Waals surface area contributed by atoms with E-state index in [1.54, 1.807) is 18.9 Å². The molecule has 0 aliphatic heterocycles. The fourth-order valence-corrected chi connectivity index (χ4v) is 1.99. The Morgan fingerprint density at radius 2 is 1.78 bits per heavy atom. The topological polar surface area (TPSA) is 46.3 Å². The summed E-state index contributed by atoms with van der Waals surface area (Å²) in [6.07, 6.45) is 0. The van der Waals surface area contributed by atoms with Crippen molar-refractivity contribution < 1.29 is 4.79 Å². The van der Waals surface area contributed by atoms with Gasteiger partial charge in [-0.15, -0.1) is 0 Å². The lowest BCUT2D eigenvalue weighted by Gasteiger charge is -2.19. The molecule has 18 heavy (non-hydrogen) atoms. The summed E-state index contributed by atoms with van der Waals surface area (Å²) in [5.41, 5.74) is 7.72. The van der Waals surface area contributed by atoms with Crippen LogP contribution in [0, 0.1) is 6.92 Å². The molecule has 0 radical (unpaired) electrons. The number of aryl methyl sites for hydroxylation is 1. The molecule has 2 aromatic carbocycles. The molecule has 2 N–H and O–H groups in total. The molecule has 0 spiro atoms. The number of likely N-dealkylation sites (N-methyl/N-ethyl adjacent to an activating group) is 1. The first-order valence-corrected chi connectivity index (χ1v) is 6.02. The largest absolute Gasteiger partial charge is 0.320 e. The molecule has 3 nitrogen and oxygen atoms in total. The van der Waals surface area contributed by atoms with Crippen molar-refractivity contribution >= 4 is 22.4 Å². The van der Waals surface area contributed by atoms with Crippen LogP contribution in [0.15, 0.2) is 36.4 Å². The summed E-state index contributed by atoms with van der Waals surface area (Å²) in [6, 6.07) is 11.8. The van der Waals surface area contributed by atoms with Crippen molar-refractivity contribution in [1.82, 2.24) is 0 Å². The molecule has 2 aromatic rings. The SMILES string of the molecule is Cc1ccc2cc(N(C)C(=O)C(C)N)ccc2c1. The van der Waals surface area contributed by atoms with E-state index in [0.717, 1.165) is 11.1 Å². The van der Waals surface area contributed by atoms with Gasteiger partial charge in [-0.2, -0.15) is 0 Å². The molecule has 0 aromatic heterocycles. The summed E-state index contributed by atoms with van der Waals surface area (Å²) in [4.78, 5) is 13.4. The van der Waals surface area contributed by atoms with Gasteiger partial charge in [-0.3, -0.25) is 4.79 Å². The summed E-state index contributed by atoms with van der Waals surface area (Å²) >= 11 is 0. The fraction of sp³-hybridized carbons (Fsp3) is 0.267. The van der Waals surface area contributed by atoms with Crippen LogP contribution >= 0.6 is 0 Å². The second-order valence-electron chi connectivity index (χ2n) is 4.72. The summed E-state index contributed by atoms with van der Waals surface area (Å²) in [5, 5.41) is 2.31. The van der Waals surface area contributed by atoms with Gasteiger partial charge in [0.15, 0.2) is 0 Å². The minimum absolute atomic E-state index is 0.0820. The van der Waals surface area contributed by atoms with Crippen molar-refractivity contribution in [3.05, 3.63) is 42.0 Å². The predicted molar refractivity (Wildman–Crippen MR) is 75.7 cm³/mol. The zero-order valence-corrected chi connectivity index (χ0v) is 11.0. The van der Waals surface area contributed by atoms with Gasteiger partial charge >= 0.3 is 0 Å². The fourth-order valence-electron chi connectivity index (χ4n) is 1.99. The molecular formula is C15H18N2O. The first-order chi connectivity index (χ1) is 8.49. The molecule has 3 heteroatoms. The van der Waals surface area contributed by atoms with E-state index in [4.69, 9.17) is 5.73 Å². The lowest BCUT2D eigenvalue weighted by atomic mass is 10.1. The van der Waals surface area contributed by atoms with Gasteiger partial charge in [0.05, 0.1) is 6.04 Å². The number of carbonyl (C=O) groups is 1. The van der Waals surface area contributed by atoms with E-state index in [1.165, 1.54) is 10.9 Å². The third kappa shape index (κ3) is 2.36. The Hall–Kier alpha value is -1.87. The van der Waals surface area contributed by atoms with Crippen LogP contribution in [0.25, 0.3) is 10.8 Å². The maximum absolute atomic E-state index is 11.8. The van der Waals surface area contributed by atoms with Crippen molar-refractivity contribution in [2.24, 2.45) is 5.73 Å². The van der Waals surface area contributed by atoms with Crippen LogP contribution in [0.4, 0.5) is 5.69 Å². The Labute approximate surface area is 107 Å². The molecule has 2 rings (SSSR count). The monoisotopic (exact) mass is 242 g/mol. The van der Waals surface area contributed by atoms with Crippen LogP contribution in [0.1, 0.15) is 12.5 Å². The average molecular weight is 242 g/mol. The molecule has 0 saturated heterocycles. The van der Waals surface area contributed by atoms with Crippen LogP contribution < -0.4 is 10.6 Å². The molecule has 1 atom stereocenters. The van der Waals surface area contributed by atoms with E-state index in [1.807, 2.05) is 18.2 Å². The summed E-state index contributed by atoms with van der Waals surface area (Å²) in [5.74, 6) is -0.0820. The number of fused-ring (bicyclic) bond motifs is 1. The molecule has 0 aliphatic carbocycles. The highest BCUT2D eigenvalue weighted by molar-refractivity contribution is 5.98. The van der Waals surface area contributed by atoms with Crippen LogP contribution in [0.5, 0.6) is 0 Å². The van der Waals surface area contributed by atoms with E-state index in [2.05, 4.69) is 25.1 Å². The maximum atomic E-state index is 11.8. The molecule has 0 aliphatic rings. The van der Waals surface area contributed by atoms with Gasteiger partial charge in [0, 0.05) is 12.7 Å². The minimum atomic E-state index is -0.483. The second-order valence-corrected chi connectivity index (χ2v) is 4.72. The number of hydrogen-bond donors (Lipinski definition) is 1. The highest BCUT2D eigenvalue weighted by Crippen LogP contribution is 2.22. The van der Waals surface area contributed by atoms with Gasteiger partial charge in [-0.05, 0) is 36.8 Å². The van der Waals surface area contributed by atoms with Crippen molar-refractivity contribution in [1.29, 1.82) is 0 Å². The molecule has 1 amide bonds. The van der Waals surface area contributed by atoms with E-state index in [-0.39, 0.29) is 5.91 Å². The maximum Gasteiger partial charge on any atom is 0.243 e. The molecule has 0 fully saturated rings. The van der Waals surface area contributed by atoms with Gasteiger partial charge in [0.1, 0.15) is 0 Å². The third-order valence-corrected chi connectivity index (χ3v) is 3.09. The number of anilines is 1. The van der Waals surface area contributed by atoms with Gasteiger partial charge < -0.3 is 10.6 Å². The Morgan fingerprint density at radius 1 is 1.17 bits per heavy atom. The molecular weight excluding hydrogens is 224 g/mol. The van der Waals surface area contributed by atoms with E-state index in [9.17, 15) is 4.79 Å². The van der Waals surface area contributed by atoms with Gasteiger partial charge in [-0.25, -0.2) is 0 Å². The number of amides is 1. The van der Waals surface area contributed by atoms with Crippen molar-refractivity contribution in [2.75, 3.05) is 11.9 Å². The smallest absolute Gasteiger partial charge is 0.243 e. The Balaban J connectivity index is 2.41. The molecule has 0 saturated carbocycles. The number of benzene rings is 2. The standard InChI is InChI=1S/C15H18N2O/c1-10-4-5-13-9-14(7-6-12(13)8-10)17(3)15(18)11(2)16/h4-9,11H,16H2,1-3H3. The van der Waals surface area contributed by atoms with Crippen LogP contribution in [-0.2, 0) is 4.79 Å². The summed E-state index contributed by atoms with van der Waals surface area (Å²) in [6.45, 7) is 3.77. The van der Waals surface area contributed by atoms with Crippen LogP contribution in [0.2, 0.25) is 0 Å². The highest BCUT2D eigenvalue weighted by Gasteiger charge is 2.14. The van der Waals surface area contributed by atoms with Crippen LogP contribution in [-0.4, -0.2) is 19.0 Å². The number of hydrogen-bond acceptors (Lipinski definition) is 2. The Kier molecular flexibility index (Phi) is 3.34. The average Bonchev–Trinajstić information content (AvgIpc) is 2.36. The van der Waals surface area contributed by atoms with Crippen molar-refractivity contribution in [3.8, 4) is 0 Å². The second kappa shape index (κ2) is 4.78. The van der Waals surface area contributed by atoms with Crippen molar-refractivity contribution in [3.63, 3.8) is 0 Å². The van der Waals surface area contributed by atoms with Crippen molar-refractivity contribution in [2.45, 2.75) is 19.9 Å². The van der Waals surface area contributed by atoms with Gasteiger partial charge in [0.2, 0.25) is 5.91 Å². The number of nitrogens with two attached hydrogens (primary N) is 1. The number of carbonyl (C=O) groups excluding carboxylic acids is 1. The molecule has 0 heterocycles. The predicted octanol–water partition coefficient (Wildman–Crippen LogP) is 2.46. The third-order valence-electron chi connectivity index (χ3n) is 3.09. The van der Waals surface area contributed by atoms with E-state index < -0.39 is 6.04 Å². The molecule has 1 unspecified atom stereocenters. The Morgan fingerprint density at radius 3 is 2.44 bits per heavy atom. The lowest BCUT2D eigenvalue weighted by molar-refractivity contribution is -0.119. The quantitative estimate of drug-likeness (QED) is 0.879. The first-order valence-electron chi connectivity index (χ1n) is 6.02. The van der Waals surface area contributed by atoms with Gasteiger partial charge in [-0.1, -0.05) is 29.8 Å². The molecule has 0 bridgehead atoms. The van der Waals surface area contributed by atoms with Gasteiger partial charge in [0.25, 0.3) is 0 Å². The zero-order chi connectivity index (χ0) is 13.3. The summed E-state index contributed by atoms with van der Waals surface area (Å²) < 4.78 is 0. The lowest BCUT2D eigenvalue weighted by Crippen LogP contribution is -2.39. The Bertz CT molecular complexity index is 590. The first kappa shape index (κ1) is 12.6. The highest BCUT2D eigenvalue weighted by atomic mass is 16.2. The minimum Gasteiger partial charge on any atom is -0.320 e. The molecule has 94 valence electrons. The number of rotatable bonds is 2.